The number of aromatic nitrogens is 9. The molecule has 0 N–H and O–H groups in total. The lowest BCUT2D eigenvalue weighted by Crippen LogP contribution is -2.01. The molecule has 0 unspecified atom stereocenters. The first-order valence-corrected chi connectivity index (χ1v) is 33.3. The maximum absolute atomic E-state index is 6.48. The number of pyridine rings is 1. The van der Waals surface area contributed by atoms with Crippen molar-refractivity contribution in [3.8, 4) is 124 Å². The molecule has 9 nitrogen and oxygen atoms in total. The highest BCUT2D eigenvalue weighted by atomic mass is 35.5. The van der Waals surface area contributed by atoms with Crippen molar-refractivity contribution in [2.24, 2.45) is 0 Å². The van der Waals surface area contributed by atoms with Crippen molar-refractivity contribution in [1.82, 2.24) is 44.0 Å². The Morgan fingerprint density at radius 3 is 1.05 bits per heavy atom. The number of rotatable bonds is 12. The first-order chi connectivity index (χ1) is 49.0. The Labute approximate surface area is 577 Å². The molecule has 0 aliphatic heterocycles. The van der Waals surface area contributed by atoms with Gasteiger partial charge in [-0.15, -0.1) is 0 Å². The smallest absolute Gasteiger partial charge is 0.226 e. The predicted octanol–water partition coefficient (Wildman–Crippen LogP) is 22.7. The van der Waals surface area contributed by atoms with Crippen molar-refractivity contribution >= 4 is 55.2 Å². The Kier molecular flexibility index (Phi) is 15.8. The van der Waals surface area contributed by atoms with Crippen molar-refractivity contribution in [2.75, 3.05) is 0 Å². The summed E-state index contributed by atoms with van der Waals surface area (Å²) < 4.78 is 4.69. The molecular formula is C89H58ClN9. The van der Waals surface area contributed by atoms with Crippen LogP contribution < -0.4 is 0 Å². The summed E-state index contributed by atoms with van der Waals surface area (Å²) in [5.41, 5.74) is 22.5. The molecule has 5 aromatic heterocycles. The number of hydrogen-bond donors (Lipinski definition) is 0. The van der Waals surface area contributed by atoms with Gasteiger partial charge in [-0.25, -0.2) is 19.9 Å². The zero-order valence-corrected chi connectivity index (χ0v) is 54.1. The van der Waals surface area contributed by atoms with E-state index >= 15 is 0 Å². The molecule has 0 saturated carbocycles. The summed E-state index contributed by atoms with van der Waals surface area (Å²) in [5, 5.41) is 5.05. The lowest BCUT2D eigenvalue weighted by molar-refractivity contribution is 1.07. The van der Waals surface area contributed by atoms with Gasteiger partial charge in [0.25, 0.3) is 0 Å². The van der Waals surface area contributed by atoms with Crippen molar-refractivity contribution in [1.29, 1.82) is 0 Å². The molecule has 466 valence electrons. The van der Waals surface area contributed by atoms with Gasteiger partial charge in [-0.05, 0) is 122 Å². The molecule has 0 bridgehead atoms. The third-order valence-electron chi connectivity index (χ3n) is 18.2. The Morgan fingerprint density at radius 2 is 0.556 bits per heavy atom. The van der Waals surface area contributed by atoms with E-state index in [1.54, 1.807) is 6.20 Å². The van der Waals surface area contributed by atoms with Crippen molar-refractivity contribution in [3.63, 3.8) is 0 Å². The summed E-state index contributed by atoms with van der Waals surface area (Å²) in [6.07, 6.45) is 3.66. The molecule has 0 saturated heterocycles. The van der Waals surface area contributed by atoms with E-state index in [4.69, 9.17) is 31.5 Å². The highest BCUT2D eigenvalue weighted by molar-refractivity contribution is 6.28. The van der Waals surface area contributed by atoms with Gasteiger partial charge in [-0.1, -0.05) is 279 Å². The lowest BCUT2D eigenvalue weighted by atomic mass is 9.98. The second kappa shape index (κ2) is 26.3. The summed E-state index contributed by atoms with van der Waals surface area (Å²) in [6.45, 7) is 0. The average Bonchev–Trinajstić information content (AvgIpc) is 1.60. The molecule has 0 amide bonds. The second-order valence-corrected chi connectivity index (χ2v) is 24.5. The first kappa shape index (κ1) is 59.6. The molecule has 18 aromatic rings. The van der Waals surface area contributed by atoms with Crippen LogP contribution in [0.4, 0.5) is 0 Å². The van der Waals surface area contributed by atoms with Crippen LogP contribution in [-0.2, 0) is 0 Å². The highest BCUT2D eigenvalue weighted by Gasteiger charge is 2.21. The zero-order valence-electron chi connectivity index (χ0n) is 53.4. The molecule has 0 aliphatic rings. The van der Waals surface area contributed by atoms with Crippen LogP contribution in [0.5, 0.6) is 0 Å². The molecule has 10 heteroatoms. The van der Waals surface area contributed by atoms with E-state index < -0.39 is 0 Å². The van der Waals surface area contributed by atoms with Crippen molar-refractivity contribution in [2.45, 2.75) is 0 Å². The number of nitrogens with zero attached hydrogens (tertiary/aromatic N) is 9. The molecule has 0 atom stereocenters. The van der Waals surface area contributed by atoms with Gasteiger partial charge < -0.3 is 9.13 Å². The van der Waals surface area contributed by atoms with Gasteiger partial charge in [0.15, 0.2) is 29.1 Å². The minimum Gasteiger partial charge on any atom is -0.309 e. The fraction of sp³-hybridized carbons (Fsp3) is 0. The van der Waals surface area contributed by atoms with Gasteiger partial charge in [-0.2, -0.15) is 9.97 Å². The van der Waals surface area contributed by atoms with Gasteiger partial charge in [0.05, 0.1) is 22.1 Å². The largest absolute Gasteiger partial charge is 0.309 e. The van der Waals surface area contributed by atoms with Crippen LogP contribution in [0.1, 0.15) is 0 Å². The van der Waals surface area contributed by atoms with Crippen LogP contribution in [0.3, 0.4) is 0 Å². The van der Waals surface area contributed by atoms with Gasteiger partial charge in [0, 0.05) is 78.7 Å². The fourth-order valence-corrected chi connectivity index (χ4v) is 13.8. The summed E-state index contributed by atoms with van der Waals surface area (Å²) in [4.78, 5) is 33.7. The Bertz CT molecular complexity index is 5960. The number of halogens is 1. The van der Waals surface area contributed by atoms with Gasteiger partial charge in [0.2, 0.25) is 5.28 Å². The van der Waals surface area contributed by atoms with Crippen LogP contribution in [-0.4, -0.2) is 44.0 Å². The maximum atomic E-state index is 6.48. The summed E-state index contributed by atoms with van der Waals surface area (Å²) in [5.74, 6) is 2.92. The highest BCUT2D eigenvalue weighted by Crippen LogP contribution is 2.42. The first-order valence-electron chi connectivity index (χ1n) is 32.9. The van der Waals surface area contributed by atoms with Crippen LogP contribution in [0.2, 0.25) is 5.28 Å². The molecule has 0 radical (unpaired) electrons. The van der Waals surface area contributed by atoms with Crippen LogP contribution in [0.25, 0.3) is 168 Å². The van der Waals surface area contributed by atoms with E-state index in [-0.39, 0.29) is 5.28 Å². The average molecular weight is 1290 g/mol. The van der Waals surface area contributed by atoms with E-state index in [2.05, 4.69) is 303 Å². The molecular weight excluding hydrogens is 1230 g/mol. The van der Waals surface area contributed by atoms with E-state index in [0.29, 0.717) is 29.1 Å². The van der Waals surface area contributed by atoms with Crippen LogP contribution in [0, 0.1) is 0 Å². The fourth-order valence-electron chi connectivity index (χ4n) is 13.6. The lowest BCUT2D eigenvalue weighted by Gasteiger charge is -2.13. The minimum absolute atomic E-state index is 0.162. The van der Waals surface area contributed by atoms with E-state index in [1.807, 2.05) is 66.9 Å². The second-order valence-electron chi connectivity index (χ2n) is 24.1. The molecule has 0 fully saturated rings. The Balaban J connectivity index is 0.000000152. The number of hydrogen-bond acceptors (Lipinski definition) is 7. The summed E-state index contributed by atoms with van der Waals surface area (Å²) >= 11 is 6.48. The van der Waals surface area contributed by atoms with Gasteiger partial charge in [0.1, 0.15) is 0 Å². The predicted molar refractivity (Wildman–Crippen MR) is 405 cm³/mol. The van der Waals surface area contributed by atoms with Crippen LogP contribution in [0.15, 0.2) is 352 Å². The van der Waals surface area contributed by atoms with E-state index in [0.717, 1.165) is 83.7 Å². The monoisotopic (exact) mass is 1290 g/mol. The molecule has 99 heavy (non-hydrogen) atoms. The zero-order chi connectivity index (χ0) is 66.0. The van der Waals surface area contributed by atoms with E-state index in [9.17, 15) is 0 Å². The standard InChI is InChI=1S/C50H33N5.C39H25ClN4/c1-3-14-34(15-4-1)41-21-7-8-22-43(41)50-53-48(52-49(54-50)38-17-11-16-37(32-38)39-18-13-31-51-33-39)36-29-27-35(28-30-36)42-24-12-26-46-47(42)44-23-9-10-25-45(44)55(46)40-19-5-2-6-20-40;40-39-42-37(41-38(43-39)32-17-8-7-16-30(32)26-12-3-1-4-13-26)28-24-22-27(23-25-28)31-19-11-21-35-36(31)33-18-9-10-20-34(33)44(35)29-14-5-2-6-15-29/h1-33H;1-25H. The number of para-hydroxylation sites is 4. The number of benzene rings is 13. The SMILES string of the molecule is Clc1nc(-c2ccc(-c3cccc4c3c3ccccc3n4-c3ccccc3)cc2)nc(-c2ccccc2-c2ccccc2)n1.c1ccc(-c2ccccc2-c2nc(-c3ccc(-c4cccc5c4c4ccccc4n5-c4ccccc4)cc3)nc(-c3cccc(-c4cccnc4)c3)n2)cc1. The summed E-state index contributed by atoms with van der Waals surface area (Å²) in [6, 6.07) is 118. The normalized spacial score (nSPS) is 11.3. The molecule has 0 spiro atoms. The Hall–Kier alpha value is -13.1. The topological polar surface area (TPSA) is 100 Å². The molecule has 0 aliphatic carbocycles. The molecule has 13 aromatic carbocycles. The third-order valence-corrected chi connectivity index (χ3v) is 18.4. The molecule has 5 heterocycles. The van der Waals surface area contributed by atoms with Crippen molar-refractivity contribution < 1.29 is 0 Å². The number of fused-ring (bicyclic) bond motifs is 6. The Morgan fingerprint density at radius 1 is 0.222 bits per heavy atom. The maximum Gasteiger partial charge on any atom is 0.226 e. The van der Waals surface area contributed by atoms with Gasteiger partial charge >= 0.3 is 0 Å². The van der Waals surface area contributed by atoms with Crippen molar-refractivity contribution in [3.05, 3.63) is 357 Å². The quantitative estimate of drug-likeness (QED) is 0.120. The van der Waals surface area contributed by atoms with Gasteiger partial charge in [-0.3, -0.25) is 4.98 Å². The van der Waals surface area contributed by atoms with E-state index in [1.165, 1.54) is 54.7 Å². The van der Waals surface area contributed by atoms with Crippen LogP contribution >= 0.6 is 11.6 Å². The minimum atomic E-state index is 0.162. The third kappa shape index (κ3) is 11.5. The molecule has 18 rings (SSSR count). The summed E-state index contributed by atoms with van der Waals surface area (Å²) in [7, 11) is 0.